The monoisotopic (exact) mass is 410 g/mol. The van der Waals surface area contributed by atoms with Gasteiger partial charge in [0.2, 0.25) is 11.8 Å². The van der Waals surface area contributed by atoms with Crippen LogP contribution in [0.1, 0.15) is 36.6 Å². The molecule has 2 aromatic rings. The lowest BCUT2D eigenvalue weighted by Crippen LogP contribution is -2.24. The van der Waals surface area contributed by atoms with E-state index in [1.807, 2.05) is 0 Å². The molecule has 0 spiro atoms. The molecular formula is C20H18ClF3N2O2. The molecule has 0 fully saturated rings. The number of benzene rings is 2. The summed E-state index contributed by atoms with van der Waals surface area (Å²) < 4.78 is 38.4. The van der Waals surface area contributed by atoms with Crippen LogP contribution >= 0.6 is 11.6 Å². The topological polar surface area (TPSA) is 58.2 Å². The smallest absolute Gasteiger partial charge is 0.346 e. The van der Waals surface area contributed by atoms with Crippen LogP contribution in [0.2, 0.25) is 5.02 Å². The van der Waals surface area contributed by atoms with Gasteiger partial charge in [-0.25, -0.2) is 0 Å². The molecule has 2 aromatic carbocycles. The summed E-state index contributed by atoms with van der Waals surface area (Å²) in [6, 6.07) is 9.47. The third kappa shape index (κ3) is 6.13. The van der Waals surface area contributed by atoms with Crippen LogP contribution in [0.4, 0.5) is 18.9 Å². The van der Waals surface area contributed by atoms with Gasteiger partial charge in [0.05, 0.1) is 11.6 Å². The SMILES string of the molecule is CC(=O)Nc1cccc(C(C)NC(=O)/C=C/c2cc(C(F)(F)F)ccc2Cl)c1. The van der Waals surface area contributed by atoms with E-state index >= 15 is 0 Å². The molecule has 0 saturated heterocycles. The van der Waals surface area contributed by atoms with Crippen molar-refractivity contribution in [3.63, 3.8) is 0 Å². The first kappa shape index (κ1) is 21.5. The van der Waals surface area contributed by atoms with Crippen molar-refractivity contribution >= 4 is 35.2 Å². The molecule has 0 radical (unpaired) electrons. The minimum atomic E-state index is -4.50. The number of alkyl halides is 3. The minimum absolute atomic E-state index is 0.0898. The molecule has 8 heteroatoms. The molecule has 2 rings (SSSR count). The summed E-state index contributed by atoms with van der Waals surface area (Å²) >= 11 is 5.91. The van der Waals surface area contributed by atoms with Gasteiger partial charge in [-0.05, 0) is 54.5 Å². The quantitative estimate of drug-likeness (QED) is 0.665. The molecule has 148 valence electrons. The van der Waals surface area contributed by atoms with E-state index in [2.05, 4.69) is 10.6 Å². The highest BCUT2D eigenvalue weighted by Gasteiger charge is 2.30. The lowest BCUT2D eigenvalue weighted by Gasteiger charge is -2.14. The van der Waals surface area contributed by atoms with Gasteiger partial charge in [0.1, 0.15) is 0 Å². The first-order valence-electron chi connectivity index (χ1n) is 8.29. The molecule has 0 bridgehead atoms. The number of nitrogens with one attached hydrogen (secondary N) is 2. The van der Waals surface area contributed by atoms with Crippen molar-refractivity contribution in [1.82, 2.24) is 5.32 Å². The molecule has 0 aromatic heterocycles. The van der Waals surface area contributed by atoms with E-state index in [0.717, 1.165) is 29.8 Å². The molecule has 0 saturated carbocycles. The van der Waals surface area contributed by atoms with Gasteiger partial charge in [0.15, 0.2) is 0 Å². The number of halogens is 4. The number of carbonyl (C=O) groups excluding carboxylic acids is 2. The summed E-state index contributed by atoms with van der Waals surface area (Å²) in [5.74, 6) is -0.708. The zero-order valence-electron chi connectivity index (χ0n) is 15.1. The number of hydrogen-bond donors (Lipinski definition) is 2. The van der Waals surface area contributed by atoms with E-state index in [0.29, 0.717) is 5.69 Å². The number of anilines is 1. The number of carbonyl (C=O) groups is 2. The van der Waals surface area contributed by atoms with E-state index < -0.39 is 17.6 Å². The maximum absolute atomic E-state index is 12.8. The van der Waals surface area contributed by atoms with Crippen molar-refractivity contribution in [2.75, 3.05) is 5.32 Å². The molecule has 2 amide bonds. The summed E-state index contributed by atoms with van der Waals surface area (Å²) in [7, 11) is 0. The second-order valence-electron chi connectivity index (χ2n) is 6.10. The van der Waals surface area contributed by atoms with Gasteiger partial charge in [-0.15, -0.1) is 0 Å². The maximum Gasteiger partial charge on any atom is 0.416 e. The Bertz CT molecular complexity index is 911. The van der Waals surface area contributed by atoms with Crippen LogP contribution < -0.4 is 10.6 Å². The van der Waals surface area contributed by atoms with Gasteiger partial charge in [0.25, 0.3) is 0 Å². The number of amides is 2. The van der Waals surface area contributed by atoms with Crippen LogP contribution in [0.5, 0.6) is 0 Å². The first-order valence-corrected chi connectivity index (χ1v) is 8.67. The van der Waals surface area contributed by atoms with Crippen LogP contribution in [-0.2, 0) is 15.8 Å². The number of rotatable bonds is 5. The van der Waals surface area contributed by atoms with Gasteiger partial charge in [-0.1, -0.05) is 23.7 Å². The van der Waals surface area contributed by atoms with Crippen molar-refractivity contribution in [2.24, 2.45) is 0 Å². The third-order valence-corrected chi connectivity index (χ3v) is 4.15. The largest absolute Gasteiger partial charge is 0.416 e. The Labute approximate surface area is 165 Å². The van der Waals surface area contributed by atoms with Gasteiger partial charge < -0.3 is 10.6 Å². The fourth-order valence-corrected chi connectivity index (χ4v) is 2.63. The number of hydrogen-bond acceptors (Lipinski definition) is 2. The van der Waals surface area contributed by atoms with E-state index in [1.165, 1.54) is 13.0 Å². The van der Waals surface area contributed by atoms with E-state index in [-0.39, 0.29) is 22.5 Å². The minimum Gasteiger partial charge on any atom is -0.346 e. The highest BCUT2D eigenvalue weighted by molar-refractivity contribution is 6.32. The molecule has 0 aliphatic carbocycles. The van der Waals surface area contributed by atoms with E-state index in [1.54, 1.807) is 31.2 Å². The Balaban J connectivity index is 2.09. The summed E-state index contributed by atoms with van der Waals surface area (Å²) in [6.07, 6.45) is -2.15. The average Bonchev–Trinajstić information content (AvgIpc) is 2.59. The highest BCUT2D eigenvalue weighted by atomic mass is 35.5. The Hall–Kier alpha value is -2.80. The lowest BCUT2D eigenvalue weighted by atomic mass is 10.1. The Morgan fingerprint density at radius 2 is 1.86 bits per heavy atom. The van der Waals surface area contributed by atoms with Gasteiger partial charge in [-0.3, -0.25) is 9.59 Å². The molecule has 0 aliphatic heterocycles. The predicted molar refractivity (Wildman–Crippen MR) is 103 cm³/mol. The second-order valence-corrected chi connectivity index (χ2v) is 6.51. The maximum atomic E-state index is 12.8. The average molecular weight is 411 g/mol. The highest BCUT2D eigenvalue weighted by Crippen LogP contribution is 2.32. The first-order chi connectivity index (χ1) is 13.1. The summed E-state index contributed by atoms with van der Waals surface area (Å²) in [5, 5.41) is 5.46. The van der Waals surface area contributed by atoms with Crippen molar-refractivity contribution in [1.29, 1.82) is 0 Å². The third-order valence-electron chi connectivity index (χ3n) is 3.80. The van der Waals surface area contributed by atoms with Crippen molar-refractivity contribution in [2.45, 2.75) is 26.1 Å². The molecule has 28 heavy (non-hydrogen) atoms. The summed E-state index contributed by atoms with van der Waals surface area (Å²) in [6.45, 7) is 3.14. The van der Waals surface area contributed by atoms with Crippen LogP contribution in [0.15, 0.2) is 48.5 Å². The van der Waals surface area contributed by atoms with Crippen molar-refractivity contribution in [3.8, 4) is 0 Å². The van der Waals surface area contributed by atoms with Crippen LogP contribution in [0.3, 0.4) is 0 Å². The van der Waals surface area contributed by atoms with Gasteiger partial charge in [0, 0.05) is 23.7 Å². The van der Waals surface area contributed by atoms with Crippen LogP contribution in [-0.4, -0.2) is 11.8 Å². The predicted octanol–water partition coefficient (Wildman–Crippen LogP) is 5.21. The summed E-state index contributed by atoms with van der Waals surface area (Å²) in [5.41, 5.74) is 0.592. The van der Waals surface area contributed by atoms with Crippen LogP contribution in [0, 0.1) is 0 Å². The Morgan fingerprint density at radius 3 is 2.50 bits per heavy atom. The van der Waals surface area contributed by atoms with Gasteiger partial charge in [-0.2, -0.15) is 13.2 Å². The van der Waals surface area contributed by atoms with Crippen LogP contribution in [0.25, 0.3) is 6.08 Å². The zero-order chi connectivity index (χ0) is 20.9. The lowest BCUT2D eigenvalue weighted by molar-refractivity contribution is -0.137. The Morgan fingerprint density at radius 1 is 1.14 bits per heavy atom. The van der Waals surface area contributed by atoms with E-state index in [9.17, 15) is 22.8 Å². The second kappa shape index (κ2) is 8.93. The zero-order valence-corrected chi connectivity index (χ0v) is 15.9. The molecular weight excluding hydrogens is 393 g/mol. The van der Waals surface area contributed by atoms with E-state index in [4.69, 9.17) is 11.6 Å². The molecule has 1 atom stereocenters. The standard InChI is InChI=1S/C20H18ClF3N2O2/c1-12(14-4-3-5-17(11-14)26-13(2)27)25-19(28)9-6-15-10-16(20(22,23)24)7-8-18(15)21/h3-12H,1-2H3,(H,25,28)(H,26,27)/b9-6+. The molecule has 2 N–H and O–H groups in total. The molecule has 0 heterocycles. The fourth-order valence-electron chi connectivity index (χ4n) is 2.45. The molecule has 4 nitrogen and oxygen atoms in total. The normalized spacial score (nSPS) is 12.6. The Kier molecular flexibility index (Phi) is 6.85. The van der Waals surface area contributed by atoms with Crippen molar-refractivity contribution < 1.29 is 22.8 Å². The van der Waals surface area contributed by atoms with Crippen molar-refractivity contribution in [3.05, 3.63) is 70.3 Å². The van der Waals surface area contributed by atoms with Gasteiger partial charge >= 0.3 is 6.18 Å². The molecule has 1 unspecified atom stereocenters. The summed E-state index contributed by atoms with van der Waals surface area (Å²) in [4.78, 5) is 23.3. The fraction of sp³-hybridized carbons (Fsp3) is 0.200. The molecule has 0 aliphatic rings.